The van der Waals surface area contributed by atoms with Crippen LogP contribution in [-0.4, -0.2) is 46.3 Å². The summed E-state index contributed by atoms with van der Waals surface area (Å²) in [6.07, 6.45) is -5.08. The second-order valence-electron chi connectivity index (χ2n) is 4.24. The third-order valence-electron chi connectivity index (χ3n) is 2.58. The van der Waals surface area contributed by atoms with Gasteiger partial charge in [0.15, 0.2) is 0 Å². The largest absolute Gasteiger partial charge is 0.479 e. The summed E-state index contributed by atoms with van der Waals surface area (Å²) in [7, 11) is 0. The first kappa shape index (κ1) is 16.5. The number of hydrogen-bond acceptors (Lipinski definition) is 2. The van der Waals surface area contributed by atoms with E-state index in [2.05, 4.69) is 0 Å². The molecule has 2 N–H and O–H groups in total. The number of alkyl halides is 3. The van der Waals surface area contributed by atoms with Crippen molar-refractivity contribution in [1.29, 1.82) is 0 Å². The highest BCUT2D eigenvalue weighted by Gasteiger charge is 2.58. The number of carboxylic acid groups (broad SMARTS) is 1. The molecule has 0 heterocycles. The maximum atomic E-state index is 12.7. The predicted molar refractivity (Wildman–Crippen MR) is 58.1 cm³/mol. The van der Waals surface area contributed by atoms with E-state index >= 15 is 0 Å². The van der Waals surface area contributed by atoms with Gasteiger partial charge in [-0.2, -0.15) is 13.2 Å². The average Bonchev–Trinajstić information content (AvgIpc) is 2.15. The first-order valence-corrected chi connectivity index (χ1v) is 5.36. The number of hydrogen-bond donors (Lipinski definition) is 2. The molecular formula is C10H17F3N2O3. The molecular weight excluding hydrogens is 253 g/mol. The molecule has 0 fully saturated rings. The fourth-order valence-electron chi connectivity index (χ4n) is 1.27. The summed E-state index contributed by atoms with van der Waals surface area (Å²) in [4.78, 5) is 23.5. The van der Waals surface area contributed by atoms with E-state index in [-0.39, 0.29) is 12.6 Å². The Balaban J connectivity index is 5.15. The molecule has 0 aliphatic heterocycles. The number of nitrogens with one attached hydrogen (secondary N) is 1. The fraction of sp³-hybridized carbons (Fsp3) is 0.800. The molecule has 18 heavy (non-hydrogen) atoms. The minimum absolute atomic E-state index is 0.178. The average molecular weight is 270 g/mol. The lowest BCUT2D eigenvalue weighted by Crippen LogP contribution is -2.64. The van der Waals surface area contributed by atoms with Crippen molar-refractivity contribution < 1.29 is 27.9 Å². The number of urea groups is 1. The summed E-state index contributed by atoms with van der Waals surface area (Å²) in [5.41, 5.74) is -3.30. The standard InChI is InChI=1S/C10H17F3N2O3/c1-5-15(6(2)3)8(18)14-9(4,7(16)17)10(11,12)13/h6H,5H2,1-4H3,(H,14,18)(H,16,17). The highest BCUT2D eigenvalue weighted by atomic mass is 19.4. The molecule has 1 unspecified atom stereocenters. The number of carbonyl (C=O) groups excluding carboxylic acids is 1. The minimum Gasteiger partial charge on any atom is -0.479 e. The van der Waals surface area contributed by atoms with Crippen molar-refractivity contribution in [3.63, 3.8) is 0 Å². The van der Waals surface area contributed by atoms with Crippen molar-refractivity contribution >= 4 is 12.0 Å². The molecule has 2 amide bonds. The summed E-state index contributed by atoms with van der Waals surface area (Å²) in [5.74, 6) is -2.15. The monoisotopic (exact) mass is 270 g/mol. The third kappa shape index (κ3) is 3.27. The normalized spacial score (nSPS) is 15.1. The van der Waals surface area contributed by atoms with Gasteiger partial charge in [-0.1, -0.05) is 0 Å². The number of nitrogens with zero attached hydrogens (tertiary/aromatic N) is 1. The second-order valence-corrected chi connectivity index (χ2v) is 4.24. The Morgan fingerprint density at radius 3 is 2.00 bits per heavy atom. The van der Waals surface area contributed by atoms with Crippen LogP contribution in [0.2, 0.25) is 0 Å². The molecule has 1 atom stereocenters. The zero-order valence-corrected chi connectivity index (χ0v) is 10.6. The lowest BCUT2D eigenvalue weighted by Gasteiger charge is -2.33. The zero-order chi connectivity index (χ0) is 14.7. The summed E-state index contributed by atoms with van der Waals surface area (Å²) >= 11 is 0. The molecule has 0 rings (SSSR count). The van der Waals surface area contributed by atoms with E-state index in [1.54, 1.807) is 20.8 Å². The summed E-state index contributed by atoms with van der Waals surface area (Å²) in [6, 6.07) is -1.39. The number of carbonyl (C=O) groups is 2. The minimum atomic E-state index is -5.08. The van der Waals surface area contributed by atoms with Crippen molar-refractivity contribution in [2.24, 2.45) is 0 Å². The van der Waals surface area contributed by atoms with E-state index in [9.17, 15) is 22.8 Å². The van der Waals surface area contributed by atoms with E-state index in [1.165, 1.54) is 5.32 Å². The molecule has 0 aromatic heterocycles. The lowest BCUT2D eigenvalue weighted by atomic mass is 10.0. The highest BCUT2D eigenvalue weighted by Crippen LogP contribution is 2.30. The van der Waals surface area contributed by atoms with Gasteiger partial charge in [-0.05, 0) is 27.7 Å². The van der Waals surface area contributed by atoms with Crippen molar-refractivity contribution in [1.82, 2.24) is 10.2 Å². The molecule has 0 aromatic rings. The Morgan fingerprint density at radius 1 is 1.33 bits per heavy atom. The molecule has 0 radical (unpaired) electrons. The van der Waals surface area contributed by atoms with Gasteiger partial charge in [0.1, 0.15) is 0 Å². The number of carboxylic acids is 1. The molecule has 0 aliphatic carbocycles. The number of halogens is 3. The molecule has 8 heteroatoms. The van der Waals surface area contributed by atoms with Crippen LogP contribution in [0, 0.1) is 0 Å². The topological polar surface area (TPSA) is 69.6 Å². The van der Waals surface area contributed by atoms with Crippen LogP contribution in [0.5, 0.6) is 0 Å². The maximum Gasteiger partial charge on any atom is 0.422 e. The van der Waals surface area contributed by atoms with Crippen LogP contribution in [0.15, 0.2) is 0 Å². The van der Waals surface area contributed by atoms with E-state index in [0.29, 0.717) is 6.92 Å². The summed E-state index contributed by atoms with van der Waals surface area (Å²) in [6.45, 7) is 5.42. The Morgan fingerprint density at radius 2 is 1.78 bits per heavy atom. The molecule has 106 valence electrons. The quantitative estimate of drug-likeness (QED) is 0.818. The molecule has 5 nitrogen and oxygen atoms in total. The number of aliphatic carboxylic acids is 1. The number of amides is 2. The molecule has 0 aromatic carbocycles. The fourth-order valence-corrected chi connectivity index (χ4v) is 1.27. The predicted octanol–water partition coefficient (Wildman–Crippen LogP) is 1.83. The Bertz CT molecular complexity index is 331. The van der Waals surface area contributed by atoms with Crippen molar-refractivity contribution in [3.05, 3.63) is 0 Å². The van der Waals surface area contributed by atoms with Gasteiger partial charge in [0.2, 0.25) is 5.54 Å². The van der Waals surface area contributed by atoms with Gasteiger partial charge in [0, 0.05) is 12.6 Å². The van der Waals surface area contributed by atoms with Crippen LogP contribution in [0.4, 0.5) is 18.0 Å². The van der Waals surface area contributed by atoms with Gasteiger partial charge in [-0.3, -0.25) is 0 Å². The Kier molecular flexibility index (Phi) is 5.00. The lowest BCUT2D eigenvalue weighted by molar-refractivity contribution is -0.203. The van der Waals surface area contributed by atoms with Gasteiger partial charge < -0.3 is 15.3 Å². The molecule has 0 aliphatic rings. The van der Waals surface area contributed by atoms with Crippen LogP contribution in [-0.2, 0) is 4.79 Å². The SMILES string of the molecule is CCN(C(=O)NC(C)(C(=O)O)C(F)(F)F)C(C)C. The molecule has 0 bridgehead atoms. The highest BCUT2D eigenvalue weighted by molar-refractivity contribution is 5.86. The van der Waals surface area contributed by atoms with Crippen LogP contribution in [0.25, 0.3) is 0 Å². The van der Waals surface area contributed by atoms with Gasteiger partial charge in [0.05, 0.1) is 0 Å². The van der Waals surface area contributed by atoms with Gasteiger partial charge in [-0.15, -0.1) is 0 Å². The first-order valence-electron chi connectivity index (χ1n) is 5.36. The first-order chi connectivity index (χ1) is 7.97. The Hall–Kier alpha value is -1.47. The van der Waals surface area contributed by atoms with E-state index in [1.807, 2.05) is 0 Å². The molecule has 0 saturated carbocycles. The summed E-state index contributed by atoms with van der Waals surface area (Å²) in [5, 5.41) is 10.2. The van der Waals surface area contributed by atoms with Crippen LogP contribution in [0.3, 0.4) is 0 Å². The van der Waals surface area contributed by atoms with E-state index < -0.39 is 23.7 Å². The molecule has 0 saturated heterocycles. The van der Waals surface area contributed by atoms with Gasteiger partial charge >= 0.3 is 18.2 Å². The van der Waals surface area contributed by atoms with Crippen molar-refractivity contribution in [3.8, 4) is 0 Å². The smallest absolute Gasteiger partial charge is 0.422 e. The van der Waals surface area contributed by atoms with Crippen LogP contribution >= 0.6 is 0 Å². The number of rotatable bonds is 4. The third-order valence-corrected chi connectivity index (χ3v) is 2.58. The zero-order valence-electron chi connectivity index (χ0n) is 10.6. The van der Waals surface area contributed by atoms with Crippen LogP contribution < -0.4 is 5.32 Å². The molecule has 0 spiro atoms. The van der Waals surface area contributed by atoms with Crippen molar-refractivity contribution in [2.75, 3.05) is 6.54 Å². The van der Waals surface area contributed by atoms with Crippen LogP contribution in [0.1, 0.15) is 27.7 Å². The second kappa shape index (κ2) is 5.45. The van der Waals surface area contributed by atoms with E-state index in [0.717, 1.165) is 4.90 Å². The maximum absolute atomic E-state index is 12.7. The van der Waals surface area contributed by atoms with Crippen molar-refractivity contribution in [2.45, 2.75) is 45.5 Å². The van der Waals surface area contributed by atoms with E-state index in [4.69, 9.17) is 5.11 Å². The van der Waals surface area contributed by atoms with Gasteiger partial charge in [0.25, 0.3) is 0 Å². The van der Waals surface area contributed by atoms with Gasteiger partial charge in [-0.25, -0.2) is 9.59 Å². The Labute approximate surface area is 103 Å². The summed E-state index contributed by atoms with van der Waals surface area (Å²) < 4.78 is 38.0.